The first kappa shape index (κ1) is 22.4. The molecule has 0 fully saturated rings. The molecule has 2 rings (SSSR count). The lowest BCUT2D eigenvalue weighted by Crippen LogP contribution is -2.15. The minimum atomic E-state index is -4.78. The Labute approximate surface area is 166 Å². The third-order valence-electron chi connectivity index (χ3n) is 3.57. The van der Waals surface area contributed by atoms with Crippen LogP contribution in [-0.4, -0.2) is 51.9 Å². The highest BCUT2D eigenvalue weighted by Crippen LogP contribution is 2.27. The molecule has 0 aliphatic heterocycles. The van der Waals surface area contributed by atoms with Crippen LogP contribution >= 0.6 is 0 Å². The number of hydrogen-bond donors (Lipinski definition) is 3. The third-order valence-corrected chi connectivity index (χ3v) is 5.71. The van der Waals surface area contributed by atoms with Crippen LogP contribution < -0.4 is 5.32 Å². The summed E-state index contributed by atoms with van der Waals surface area (Å²) in [5.41, 5.74) is 0.770. The predicted molar refractivity (Wildman–Crippen MR) is 103 cm³/mol. The maximum Gasteiger partial charge on any atom is 0.397 e. The number of azo groups is 1. The van der Waals surface area contributed by atoms with Gasteiger partial charge in [0.1, 0.15) is 5.69 Å². The number of rotatable bonds is 9. The number of carboxylic acids is 1. The molecule has 0 saturated carbocycles. The zero-order chi connectivity index (χ0) is 21.7. The van der Waals surface area contributed by atoms with E-state index in [-0.39, 0.29) is 16.1 Å². The summed E-state index contributed by atoms with van der Waals surface area (Å²) >= 11 is 0. The maximum absolute atomic E-state index is 12.3. The van der Waals surface area contributed by atoms with Gasteiger partial charge in [-0.2, -0.15) is 13.5 Å². The number of benzene rings is 2. The standard InChI is InChI=1S/C16H17N3O8S2/c1-17-11-2-4-12(5-3-11)18-19-15-10-13(6-7-14(15)16(20)21)28(22,23)9-8-27-29(24,25)26/h2-7,10,17H,8-9H2,1H3,(H,20,21)(H,24,25,26). The van der Waals surface area contributed by atoms with E-state index in [0.29, 0.717) is 5.69 Å². The summed E-state index contributed by atoms with van der Waals surface area (Å²) in [6.07, 6.45) is 0. The van der Waals surface area contributed by atoms with E-state index in [1.165, 1.54) is 0 Å². The van der Waals surface area contributed by atoms with Gasteiger partial charge in [0.15, 0.2) is 9.84 Å². The molecule has 3 N–H and O–H groups in total. The quantitative estimate of drug-likeness (QED) is 0.388. The molecule has 11 nitrogen and oxygen atoms in total. The Morgan fingerprint density at radius 2 is 1.72 bits per heavy atom. The fourth-order valence-corrected chi connectivity index (χ4v) is 3.65. The van der Waals surface area contributed by atoms with E-state index in [1.54, 1.807) is 31.3 Å². The van der Waals surface area contributed by atoms with Crippen LogP contribution in [0.2, 0.25) is 0 Å². The van der Waals surface area contributed by atoms with E-state index < -0.39 is 38.6 Å². The number of carbonyl (C=O) groups is 1. The molecule has 0 spiro atoms. The molecule has 13 heteroatoms. The maximum atomic E-state index is 12.3. The van der Waals surface area contributed by atoms with E-state index in [0.717, 1.165) is 23.9 Å². The summed E-state index contributed by atoms with van der Waals surface area (Å²) in [6, 6.07) is 9.82. The summed E-state index contributed by atoms with van der Waals surface area (Å²) in [6.45, 7) is -0.809. The summed E-state index contributed by atoms with van der Waals surface area (Å²) in [7, 11) is -7.08. The van der Waals surface area contributed by atoms with E-state index in [4.69, 9.17) is 4.55 Å². The molecule has 0 amide bonds. The van der Waals surface area contributed by atoms with Crippen LogP contribution in [0, 0.1) is 0 Å². The van der Waals surface area contributed by atoms with Crippen molar-refractivity contribution in [3.63, 3.8) is 0 Å². The van der Waals surface area contributed by atoms with E-state index in [2.05, 4.69) is 19.7 Å². The minimum Gasteiger partial charge on any atom is -0.478 e. The van der Waals surface area contributed by atoms with Crippen LogP contribution in [0.1, 0.15) is 10.4 Å². The molecule has 0 aliphatic carbocycles. The van der Waals surface area contributed by atoms with Crippen LogP contribution in [0.25, 0.3) is 0 Å². The molecule has 0 aromatic heterocycles. The van der Waals surface area contributed by atoms with Crippen LogP contribution in [0.5, 0.6) is 0 Å². The zero-order valence-corrected chi connectivity index (χ0v) is 16.6. The van der Waals surface area contributed by atoms with E-state index >= 15 is 0 Å². The second kappa shape index (κ2) is 9.09. The van der Waals surface area contributed by atoms with Crippen molar-refractivity contribution in [3.05, 3.63) is 48.0 Å². The SMILES string of the molecule is CNc1ccc(N=Nc2cc(S(=O)(=O)CCOS(=O)(=O)O)ccc2C(=O)O)cc1. The minimum absolute atomic E-state index is 0.202. The Hall–Kier alpha value is -2.87. The topological polar surface area (TPSA) is 172 Å². The van der Waals surface area contributed by atoms with Crippen LogP contribution in [-0.2, 0) is 24.4 Å². The van der Waals surface area contributed by atoms with Gasteiger partial charge in [-0.05, 0) is 42.5 Å². The number of aromatic carboxylic acids is 1. The number of carboxylic acid groups (broad SMARTS) is 1. The van der Waals surface area contributed by atoms with Crippen molar-refractivity contribution in [1.29, 1.82) is 0 Å². The number of anilines is 1. The summed E-state index contributed by atoms with van der Waals surface area (Å²) in [5, 5.41) is 20.0. The lowest BCUT2D eigenvalue weighted by Gasteiger charge is -2.07. The smallest absolute Gasteiger partial charge is 0.397 e. The number of hydrogen-bond acceptors (Lipinski definition) is 9. The average Bonchev–Trinajstić information content (AvgIpc) is 2.65. The monoisotopic (exact) mass is 443 g/mol. The zero-order valence-electron chi connectivity index (χ0n) is 15.0. The Kier molecular flexibility index (Phi) is 7.02. The van der Waals surface area contributed by atoms with Crippen molar-refractivity contribution in [2.75, 3.05) is 24.7 Å². The summed E-state index contributed by atoms with van der Waals surface area (Å²) < 4.78 is 58.2. The molecular weight excluding hydrogens is 426 g/mol. The first-order chi connectivity index (χ1) is 13.5. The first-order valence-electron chi connectivity index (χ1n) is 7.93. The molecule has 0 unspecified atom stereocenters. The fraction of sp³-hybridized carbons (Fsp3) is 0.188. The lowest BCUT2D eigenvalue weighted by molar-refractivity contribution is 0.0697. The van der Waals surface area contributed by atoms with Crippen LogP contribution in [0.15, 0.2) is 57.6 Å². The van der Waals surface area contributed by atoms with E-state index in [1.807, 2.05) is 0 Å². The van der Waals surface area contributed by atoms with Gasteiger partial charge in [-0.3, -0.25) is 4.55 Å². The molecule has 0 bridgehead atoms. The summed E-state index contributed by atoms with van der Waals surface area (Å²) in [5.74, 6) is -2.09. The van der Waals surface area contributed by atoms with Crippen LogP contribution in [0.4, 0.5) is 17.1 Å². The predicted octanol–water partition coefficient (Wildman–Crippen LogP) is 2.44. The normalized spacial score (nSPS) is 12.2. The van der Waals surface area contributed by atoms with Gasteiger partial charge in [0.05, 0.1) is 28.5 Å². The van der Waals surface area contributed by atoms with Gasteiger partial charge in [0.25, 0.3) is 0 Å². The van der Waals surface area contributed by atoms with Crippen molar-refractivity contribution in [1.82, 2.24) is 0 Å². The molecule has 29 heavy (non-hydrogen) atoms. The highest BCUT2D eigenvalue weighted by Gasteiger charge is 2.20. The highest BCUT2D eigenvalue weighted by atomic mass is 32.3. The molecule has 2 aromatic rings. The average molecular weight is 443 g/mol. The number of sulfone groups is 1. The largest absolute Gasteiger partial charge is 0.478 e. The Morgan fingerprint density at radius 3 is 2.28 bits per heavy atom. The Morgan fingerprint density at radius 1 is 1.07 bits per heavy atom. The van der Waals surface area contributed by atoms with Crippen molar-refractivity contribution in [3.8, 4) is 0 Å². The van der Waals surface area contributed by atoms with Gasteiger partial charge >= 0.3 is 16.4 Å². The van der Waals surface area contributed by atoms with Crippen molar-refractivity contribution >= 4 is 43.3 Å². The van der Waals surface area contributed by atoms with Crippen molar-refractivity contribution < 1.29 is 35.5 Å². The van der Waals surface area contributed by atoms with Crippen molar-refractivity contribution in [2.45, 2.75) is 4.90 Å². The number of nitrogens with one attached hydrogen (secondary N) is 1. The molecule has 0 radical (unpaired) electrons. The molecule has 0 saturated heterocycles. The van der Waals surface area contributed by atoms with E-state index in [9.17, 15) is 26.7 Å². The highest BCUT2D eigenvalue weighted by molar-refractivity contribution is 7.91. The lowest BCUT2D eigenvalue weighted by atomic mass is 10.2. The molecular formula is C16H17N3O8S2. The Bertz CT molecular complexity index is 1130. The molecule has 156 valence electrons. The van der Waals surface area contributed by atoms with Gasteiger partial charge in [-0.25, -0.2) is 17.4 Å². The second-order valence-electron chi connectivity index (χ2n) is 5.55. The molecule has 0 heterocycles. The van der Waals surface area contributed by atoms with Gasteiger partial charge in [0, 0.05) is 12.7 Å². The fourth-order valence-electron chi connectivity index (χ4n) is 2.14. The van der Waals surface area contributed by atoms with Gasteiger partial charge in [-0.15, -0.1) is 5.11 Å². The molecule has 2 aromatic carbocycles. The third kappa shape index (κ3) is 6.60. The van der Waals surface area contributed by atoms with Gasteiger partial charge < -0.3 is 10.4 Å². The van der Waals surface area contributed by atoms with Crippen LogP contribution in [0.3, 0.4) is 0 Å². The Balaban J connectivity index is 2.32. The summed E-state index contributed by atoms with van der Waals surface area (Å²) in [4.78, 5) is 11.1. The number of nitrogens with zero attached hydrogens (tertiary/aromatic N) is 2. The van der Waals surface area contributed by atoms with Gasteiger partial charge in [-0.1, -0.05) is 0 Å². The molecule has 0 atom stereocenters. The first-order valence-corrected chi connectivity index (χ1v) is 10.9. The molecule has 0 aliphatic rings. The van der Waals surface area contributed by atoms with Gasteiger partial charge in [0.2, 0.25) is 0 Å². The van der Waals surface area contributed by atoms with Crippen molar-refractivity contribution in [2.24, 2.45) is 10.2 Å². The second-order valence-corrected chi connectivity index (χ2v) is 8.75.